The first-order valence-electron chi connectivity index (χ1n) is 23.7. The molecule has 0 amide bonds. The van der Waals surface area contributed by atoms with Crippen LogP contribution in [0.15, 0.2) is 109 Å². The second-order valence-electron chi connectivity index (χ2n) is 17.8. The molecule has 9 nitrogen and oxygen atoms in total. The van der Waals surface area contributed by atoms with Crippen LogP contribution in [0.5, 0.6) is 5.75 Å². The highest BCUT2D eigenvalue weighted by Gasteiger charge is 2.48. The molecule has 1 fully saturated rings. The van der Waals surface area contributed by atoms with E-state index in [9.17, 15) is 9.90 Å². The van der Waals surface area contributed by atoms with Crippen molar-refractivity contribution < 1.29 is 43.1 Å². The molecule has 4 aromatic rings. The first-order chi connectivity index (χ1) is 30.8. The van der Waals surface area contributed by atoms with Crippen molar-refractivity contribution in [3.63, 3.8) is 0 Å². The minimum absolute atomic E-state index is 0.100. The van der Waals surface area contributed by atoms with Crippen LogP contribution in [-0.2, 0) is 54.7 Å². The number of carbonyl (C=O) groups excluding carboxylic acids is 1. The minimum atomic E-state index is -1.06. The van der Waals surface area contributed by atoms with Crippen molar-refractivity contribution in [2.75, 3.05) is 6.61 Å². The van der Waals surface area contributed by atoms with Gasteiger partial charge in [-0.2, -0.15) is 0 Å². The predicted octanol–water partition coefficient (Wildman–Crippen LogP) is 11.9. The topological polar surface area (TPSA) is 102 Å². The van der Waals surface area contributed by atoms with Gasteiger partial charge in [-0.25, -0.2) is 4.79 Å². The Bertz CT molecular complexity index is 1870. The highest BCUT2D eigenvalue weighted by molar-refractivity contribution is 5.95. The molecule has 2 heterocycles. The van der Waals surface area contributed by atoms with Gasteiger partial charge in [0, 0.05) is 13.8 Å². The molecule has 6 rings (SSSR count). The maximum atomic E-state index is 12.6. The van der Waals surface area contributed by atoms with Crippen LogP contribution in [0.25, 0.3) is 0 Å². The van der Waals surface area contributed by atoms with E-state index in [1.54, 1.807) is 13.8 Å². The maximum absolute atomic E-state index is 12.6. The average Bonchev–Trinajstić information content (AvgIpc) is 3.28. The normalized spacial score (nSPS) is 21.0. The van der Waals surface area contributed by atoms with Crippen molar-refractivity contribution in [3.05, 3.63) is 137 Å². The lowest BCUT2D eigenvalue weighted by atomic mass is 9.98. The van der Waals surface area contributed by atoms with Crippen LogP contribution in [0.1, 0.15) is 143 Å². The quantitative estimate of drug-likeness (QED) is 0.0442. The van der Waals surface area contributed by atoms with Crippen molar-refractivity contribution in [2.24, 2.45) is 0 Å². The van der Waals surface area contributed by atoms with Gasteiger partial charge in [0.05, 0.1) is 32.5 Å². The molecule has 0 saturated carbocycles. The first kappa shape index (κ1) is 48.4. The Labute approximate surface area is 376 Å². The zero-order valence-electron chi connectivity index (χ0n) is 38.0. The summed E-state index contributed by atoms with van der Waals surface area (Å²) in [5.74, 6) is -0.563. The molecule has 0 unspecified atom stereocenters. The van der Waals surface area contributed by atoms with Crippen LogP contribution in [0.3, 0.4) is 0 Å². The second-order valence-corrected chi connectivity index (χ2v) is 17.8. The van der Waals surface area contributed by atoms with Crippen molar-refractivity contribution in [3.8, 4) is 5.75 Å². The van der Waals surface area contributed by atoms with Crippen molar-refractivity contribution in [1.82, 2.24) is 0 Å². The van der Waals surface area contributed by atoms with Gasteiger partial charge in [0.15, 0.2) is 6.29 Å². The summed E-state index contributed by atoms with van der Waals surface area (Å²) < 4.78 is 43.6. The number of rotatable bonds is 28. The Balaban J connectivity index is 0.868. The van der Waals surface area contributed by atoms with E-state index in [0.29, 0.717) is 31.1 Å². The number of benzene rings is 4. The largest absolute Gasteiger partial charge is 0.452 e. The Kier molecular flexibility index (Phi) is 20.0. The lowest BCUT2D eigenvalue weighted by molar-refractivity contribution is -0.326. The first-order valence-corrected chi connectivity index (χ1v) is 23.7. The highest BCUT2D eigenvalue weighted by Crippen LogP contribution is 2.34. The summed E-state index contributed by atoms with van der Waals surface area (Å²) in [6.07, 6.45) is 13.8. The number of aryl methyl sites for hydroxylation is 1. The van der Waals surface area contributed by atoms with Gasteiger partial charge in [-0.15, -0.1) is 0 Å². The van der Waals surface area contributed by atoms with E-state index < -0.39 is 36.5 Å². The molecule has 0 spiro atoms. The number of esters is 1. The lowest BCUT2D eigenvalue weighted by Gasteiger charge is -2.44. The van der Waals surface area contributed by atoms with Crippen LogP contribution >= 0.6 is 0 Å². The van der Waals surface area contributed by atoms with Crippen LogP contribution in [-0.4, -0.2) is 60.3 Å². The predicted molar refractivity (Wildman–Crippen MR) is 246 cm³/mol. The molecular weight excluding hydrogens is 793 g/mol. The number of hydrogen-bond donors (Lipinski definition) is 1. The third-order valence-electron chi connectivity index (χ3n) is 12.0. The molecule has 1 N–H and O–H groups in total. The van der Waals surface area contributed by atoms with E-state index in [1.807, 2.05) is 109 Å². The fraction of sp³-hybridized carbons (Fsp3) is 0.537. The fourth-order valence-electron chi connectivity index (χ4n) is 8.58. The lowest BCUT2D eigenvalue weighted by Crippen LogP contribution is -2.61. The summed E-state index contributed by atoms with van der Waals surface area (Å²) in [5.41, 5.74) is 4.74. The van der Waals surface area contributed by atoms with E-state index in [-0.39, 0.29) is 18.7 Å². The van der Waals surface area contributed by atoms with Gasteiger partial charge in [0.1, 0.15) is 35.7 Å². The molecule has 2 aliphatic rings. The van der Waals surface area contributed by atoms with Gasteiger partial charge in [0.25, 0.3) is 0 Å². The molecule has 342 valence electrons. The summed E-state index contributed by atoms with van der Waals surface area (Å²) >= 11 is 0. The van der Waals surface area contributed by atoms with Crippen molar-refractivity contribution in [2.45, 2.75) is 180 Å². The standard InChI is InChI=1S/C54H72O9/c1-41(27-18-13-11-9-7-5-4-6-8-10-12-14-25-34-45-35-26-36-46-48(45)52(56)63-54(2,3)62-46)60-53-49(55)51(59-39-44-32-23-17-24-33-44)50(58-38-43-30-21-16-22-31-43)47(61-53)40-57-37-42-28-19-15-20-29-42/h15-17,19-24,26,28-33,35-36,41,47,49-51,53,55H,4-14,18,25,27,34,37-40H2,1-3H3/t41-,47-,49+,50-,51-,53-/m1/s1. The number of cyclic esters (lactones) is 1. The number of ether oxygens (including phenoxy) is 7. The van der Waals surface area contributed by atoms with Gasteiger partial charge in [-0.3, -0.25) is 0 Å². The molecule has 0 aliphatic carbocycles. The molecule has 9 heteroatoms. The van der Waals surface area contributed by atoms with Gasteiger partial charge in [0.2, 0.25) is 5.79 Å². The summed E-state index contributed by atoms with van der Waals surface area (Å²) in [6.45, 7) is 6.96. The van der Waals surface area contributed by atoms with E-state index in [1.165, 1.54) is 64.2 Å². The van der Waals surface area contributed by atoms with Gasteiger partial charge in [-0.1, -0.05) is 180 Å². The van der Waals surface area contributed by atoms with Crippen molar-refractivity contribution in [1.29, 1.82) is 0 Å². The Hall–Kier alpha value is -4.09. The molecule has 4 aromatic carbocycles. The molecule has 0 bridgehead atoms. The zero-order valence-corrected chi connectivity index (χ0v) is 38.0. The zero-order chi connectivity index (χ0) is 44.1. The van der Waals surface area contributed by atoms with Crippen LogP contribution in [0.2, 0.25) is 0 Å². The van der Waals surface area contributed by atoms with E-state index in [0.717, 1.165) is 54.4 Å². The Morgan fingerprint density at radius 2 is 1.11 bits per heavy atom. The number of aliphatic hydroxyl groups excluding tert-OH is 1. The van der Waals surface area contributed by atoms with Gasteiger partial charge >= 0.3 is 5.97 Å². The number of unbranched alkanes of at least 4 members (excludes halogenated alkanes) is 12. The second kappa shape index (κ2) is 26.0. The third kappa shape index (κ3) is 16.1. The molecule has 1 saturated heterocycles. The molecule has 6 atom stereocenters. The molecule has 0 aromatic heterocycles. The third-order valence-corrected chi connectivity index (χ3v) is 12.0. The number of hydrogen-bond acceptors (Lipinski definition) is 9. The molecular formula is C54H72O9. The monoisotopic (exact) mass is 865 g/mol. The highest BCUT2D eigenvalue weighted by atomic mass is 16.7. The summed E-state index contributed by atoms with van der Waals surface area (Å²) in [5, 5.41) is 11.8. The SMILES string of the molecule is C[C@H](CCCCCCCCCCCCCCCc1cccc2c1C(=O)OC(C)(C)O2)O[C@@H]1O[C@H](COCc2ccccc2)[C@@H](OCc2ccccc2)[C@H](OCc2ccccc2)[C@@H]1O. The average molecular weight is 865 g/mol. The molecule has 2 aliphatic heterocycles. The van der Waals surface area contributed by atoms with E-state index >= 15 is 0 Å². The Morgan fingerprint density at radius 1 is 0.603 bits per heavy atom. The molecule has 63 heavy (non-hydrogen) atoms. The van der Waals surface area contributed by atoms with Crippen LogP contribution < -0.4 is 4.74 Å². The number of fused-ring (bicyclic) bond motifs is 1. The summed E-state index contributed by atoms with van der Waals surface area (Å²) in [7, 11) is 0. The van der Waals surface area contributed by atoms with Crippen LogP contribution in [0.4, 0.5) is 0 Å². The fourth-order valence-corrected chi connectivity index (χ4v) is 8.58. The van der Waals surface area contributed by atoms with E-state index in [4.69, 9.17) is 33.2 Å². The minimum Gasteiger partial charge on any atom is -0.452 e. The Morgan fingerprint density at radius 3 is 1.68 bits per heavy atom. The van der Waals surface area contributed by atoms with Crippen molar-refractivity contribution >= 4 is 5.97 Å². The number of carbonyl (C=O) groups is 1. The maximum Gasteiger partial charge on any atom is 0.345 e. The summed E-state index contributed by atoms with van der Waals surface area (Å²) in [4.78, 5) is 12.6. The van der Waals surface area contributed by atoms with Gasteiger partial charge < -0.3 is 38.3 Å². The summed E-state index contributed by atoms with van der Waals surface area (Å²) in [6, 6.07) is 35.9. The molecule has 0 radical (unpaired) electrons. The van der Waals surface area contributed by atoms with E-state index in [2.05, 4.69) is 6.92 Å². The number of aliphatic hydroxyl groups is 1. The van der Waals surface area contributed by atoms with Gasteiger partial charge in [-0.05, 0) is 54.5 Å². The van der Waals surface area contributed by atoms with Crippen LogP contribution in [0, 0.1) is 0 Å². The smallest absolute Gasteiger partial charge is 0.345 e.